The average molecular weight is 389 g/mol. The van der Waals surface area contributed by atoms with Gasteiger partial charge in [0.2, 0.25) is 0 Å². The van der Waals surface area contributed by atoms with Crippen LogP contribution in [0.15, 0.2) is 52.6 Å². The number of hydrogen-bond donors (Lipinski definition) is 0. The summed E-state index contributed by atoms with van der Waals surface area (Å²) in [6.07, 6.45) is 6.91. The smallest absolute Gasteiger partial charge is 0.147 e. The summed E-state index contributed by atoms with van der Waals surface area (Å²) in [4.78, 5) is 0. The summed E-state index contributed by atoms with van der Waals surface area (Å²) in [7, 11) is 0. The molecule has 1 aromatic rings. The quantitative estimate of drug-likeness (QED) is 0.625. The monoisotopic (exact) mass is 387 g/mol. The van der Waals surface area contributed by atoms with Crippen LogP contribution >= 0.6 is 12.4 Å². The molecule has 0 radical (unpaired) electrons. The normalized spacial score (nSPS) is 17.6. The van der Waals surface area contributed by atoms with Crippen molar-refractivity contribution >= 4 is 26.8 Å². The molecule has 0 nitrogen and oxygen atoms in total. The fourth-order valence-corrected chi connectivity index (χ4v) is 4.27. The van der Waals surface area contributed by atoms with Gasteiger partial charge in [-0.3, -0.25) is 0 Å². The molecule has 0 saturated heterocycles. The van der Waals surface area contributed by atoms with Crippen LogP contribution < -0.4 is 3.27 Å². The van der Waals surface area contributed by atoms with E-state index in [1.54, 1.807) is 5.57 Å². The number of halogens is 1. The van der Waals surface area contributed by atoms with E-state index in [0.29, 0.717) is 0 Å². The molecule has 0 atom stereocenters. The van der Waals surface area contributed by atoms with Crippen LogP contribution in [0.5, 0.6) is 0 Å². The molecule has 22 heavy (non-hydrogen) atoms. The fraction of sp³-hybridized carbons (Fsp3) is 0.300. The van der Waals surface area contributed by atoms with Gasteiger partial charge in [0.15, 0.2) is 0 Å². The Labute approximate surface area is 155 Å². The molecule has 0 fully saturated rings. The summed E-state index contributed by atoms with van der Waals surface area (Å²) in [6.45, 7) is 9.02. The molecule has 2 heteroatoms. The maximum absolute atomic E-state index is 2.37. The van der Waals surface area contributed by atoms with E-state index in [4.69, 9.17) is 0 Å². The van der Waals surface area contributed by atoms with Crippen LogP contribution in [-0.2, 0) is 24.7 Å². The van der Waals surface area contributed by atoms with Gasteiger partial charge in [-0.05, 0) is 0 Å². The van der Waals surface area contributed by atoms with Gasteiger partial charge < -0.3 is 0 Å². The predicted octanol–water partition coefficient (Wildman–Crippen LogP) is 5.53. The minimum Gasteiger partial charge on any atom is -0.147 e. The molecule has 0 aromatic heterocycles. The van der Waals surface area contributed by atoms with Crippen molar-refractivity contribution in [1.82, 2.24) is 0 Å². The van der Waals surface area contributed by atoms with E-state index in [-0.39, 0.29) is 12.4 Å². The van der Waals surface area contributed by atoms with Crippen molar-refractivity contribution < 1.29 is 24.7 Å². The van der Waals surface area contributed by atoms with E-state index in [0.717, 1.165) is 12.8 Å². The van der Waals surface area contributed by atoms with Crippen LogP contribution in [0.1, 0.15) is 51.7 Å². The first-order valence-corrected chi connectivity index (χ1v) is 8.82. The van der Waals surface area contributed by atoms with Crippen molar-refractivity contribution in [2.45, 2.75) is 40.5 Å². The summed E-state index contributed by atoms with van der Waals surface area (Å²) >= 11 is 1.51. The third-order valence-corrected chi connectivity index (χ3v) is 6.03. The zero-order chi connectivity index (χ0) is 15.1. The molecule has 2 aliphatic carbocycles. The van der Waals surface area contributed by atoms with Crippen LogP contribution in [0.4, 0.5) is 0 Å². The fourth-order valence-electron chi connectivity index (χ4n) is 3.33. The summed E-state index contributed by atoms with van der Waals surface area (Å²) in [5.74, 6) is 0. The second kappa shape index (κ2) is 6.85. The molecule has 1 aromatic carbocycles. The first kappa shape index (κ1) is 17.7. The first-order chi connectivity index (χ1) is 10.0. The average Bonchev–Trinajstić information content (AvgIpc) is 2.95. The Kier molecular flexibility index (Phi) is 5.51. The maximum Gasteiger partial charge on any atom is -0.147 e. The van der Waals surface area contributed by atoms with Gasteiger partial charge in [0.25, 0.3) is 0 Å². The van der Waals surface area contributed by atoms with Crippen LogP contribution in [0.2, 0.25) is 0 Å². The second-order valence-electron chi connectivity index (χ2n) is 6.12. The molecule has 0 amide bonds. The van der Waals surface area contributed by atoms with Crippen LogP contribution in [0.3, 0.4) is 0 Å². The summed E-state index contributed by atoms with van der Waals surface area (Å²) < 4.78 is 1.49. The van der Waals surface area contributed by atoms with Crippen molar-refractivity contribution in [3.8, 4) is 0 Å². The second-order valence-corrected chi connectivity index (χ2v) is 7.44. The van der Waals surface area contributed by atoms with Gasteiger partial charge >= 0.3 is 143 Å². The molecule has 0 saturated carbocycles. The van der Waals surface area contributed by atoms with Crippen molar-refractivity contribution in [3.63, 3.8) is 0 Å². The number of hydrogen-bond acceptors (Lipinski definition) is 0. The van der Waals surface area contributed by atoms with Crippen molar-refractivity contribution in [3.05, 3.63) is 63.8 Å². The topological polar surface area (TPSA) is 0 Å². The van der Waals surface area contributed by atoms with Gasteiger partial charge in [-0.15, -0.1) is 12.4 Å². The number of rotatable bonds is 2. The Morgan fingerprint density at radius 2 is 1.36 bits per heavy atom. The van der Waals surface area contributed by atoms with E-state index < -0.39 is 0 Å². The van der Waals surface area contributed by atoms with Gasteiger partial charge in [0, 0.05) is 0 Å². The van der Waals surface area contributed by atoms with E-state index in [9.17, 15) is 0 Å². The molecular formula is C20H22ClZr. The van der Waals surface area contributed by atoms with E-state index in [2.05, 4.69) is 58.0 Å². The van der Waals surface area contributed by atoms with E-state index >= 15 is 0 Å². The third kappa shape index (κ3) is 2.91. The Balaban J connectivity index is 0.00000176. The molecule has 0 heterocycles. The minimum atomic E-state index is 0. The van der Waals surface area contributed by atoms with Gasteiger partial charge in [0.1, 0.15) is 0 Å². The zero-order valence-electron chi connectivity index (χ0n) is 13.7. The van der Waals surface area contributed by atoms with Crippen molar-refractivity contribution in [2.24, 2.45) is 0 Å². The molecule has 113 valence electrons. The van der Waals surface area contributed by atoms with Crippen LogP contribution in [0.25, 0.3) is 11.1 Å². The third-order valence-electron chi connectivity index (χ3n) is 5.00. The Morgan fingerprint density at radius 1 is 0.818 bits per heavy atom. The molecule has 0 aliphatic heterocycles. The zero-order valence-corrected chi connectivity index (χ0v) is 17.0. The van der Waals surface area contributed by atoms with Gasteiger partial charge in [-0.25, -0.2) is 0 Å². The number of benzene rings is 1. The molecule has 0 N–H and O–H groups in total. The van der Waals surface area contributed by atoms with E-state index in [1.807, 2.05) is 0 Å². The van der Waals surface area contributed by atoms with E-state index in [1.165, 1.54) is 67.0 Å². The molecule has 3 rings (SSSR count). The van der Waals surface area contributed by atoms with Gasteiger partial charge in [0.05, 0.1) is 0 Å². The molecule has 0 bridgehead atoms. The van der Waals surface area contributed by atoms with Crippen molar-refractivity contribution in [2.75, 3.05) is 0 Å². The summed E-state index contributed by atoms with van der Waals surface area (Å²) in [5.41, 5.74) is 11.9. The Morgan fingerprint density at radius 3 is 1.86 bits per heavy atom. The Hall–Kier alpha value is -0.647. The summed E-state index contributed by atoms with van der Waals surface area (Å²) in [6, 6.07) is 6.83. The predicted molar refractivity (Wildman–Crippen MR) is 95.3 cm³/mol. The number of allylic oxidation sites excluding steroid dienone is 8. The van der Waals surface area contributed by atoms with Crippen LogP contribution in [0, 0.1) is 0 Å². The molecule has 0 unspecified atom stereocenters. The Bertz CT molecular complexity index is 745. The standard InChI is InChI=1S/C20H21.ClH.Zr/c1-13-9-11-17(15(13)3)19-7-5-6-8-20(19)18-12-10-14(2)16(18)4;;/h5-7,9-10H,11-12H2,1-4H3;1H;. The molecular weight excluding hydrogens is 367 g/mol. The summed E-state index contributed by atoms with van der Waals surface area (Å²) in [5, 5.41) is 0. The largest absolute Gasteiger partial charge is 0.147 e. The minimum absolute atomic E-state index is 0. The maximum atomic E-state index is 2.37. The van der Waals surface area contributed by atoms with Crippen LogP contribution in [-0.4, -0.2) is 0 Å². The van der Waals surface area contributed by atoms with Crippen molar-refractivity contribution in [1.29, 1.82) is 0 Å². The molecule has 0 spiro atoms. The molecule has 2 aliphatic rings. The first-order valence-electron chi connectivity index (χ1n) is 7.59. The van der Waals surface area contributed by atoms with Gasteiger partial charge in [-0.1, -0.05) is 0 Å². The van der Waals surface area contributed by atoms with Gasteiger partial charge in [-0.2, -0.15) is 0 Å². The SMILES string of the molecule is CC1=CCC(c2ccc[c]([Zr])c2C2=C(C)C(C)=CC2)=C1C.Cl.